The summed E-state index contributed by atoms with van der Waals surface area (Å²) in [6, 6.07) is 0. The van der Waals surface area contributed by atoms with Gasteiger partial charge in [-0.05, 0) is 31.2 Å². The number of hydrogen-bond acceptors (Lipinski definition) is 3. The summed E-state index contributed by atoms with van der Waals surface area (Å²) in [5.74, 6) is 1.00. The zero-order chi connectivity index (χ0) is 11.3. The second kappa shape index (κ2) is 5.95. The van der Waals surface area contributed by atoms with Gasteiger partial charge < -0.3 is 15.4 Å². The molecule has 1 fully saturated rings. The van der Waals surface area contributed by atoms with E-state index in [2.05, 4.69) is 0 Å². The average Bonchev–Trinajstić information content (AvgIpc) is 2.26. The maximum absolute atomic E-state index is 11.3. The number of amides is 1. The van der Waals surface area contributed by atoms with Crippen LogP contribution in [0.4, 0.5) is 4.79 Å². The van der Waals surface area contributed by atoms with Gasteiger partial charge in [-0.15, -0.1) is 0 Å². The third kappa shape index (κ3) is 3.70. The molecule has 1 saturated carbocycles. The Bertz CT molecular complexity index is 207. The lowest BCUT2D eigenvalue weighted by atomic mass is 9.80. The van der Waals surface area contributed by atoms with E-state index in [0.29, 0.717) is 25.0 Å². The van der Waals surface area contributed by atoms with Crippen molar-refractivity contribution in [3.8, 4) is 0 Å². The summed E-state index contributed by atoms with van der Waals surface area (Å²) in [6.07, 6.45) is 4.57. The first-order valence-electron chi connectivity index (χ1n) is 5.69. The van der Waals surface area contributed by atoms with Gasteiger partial charge in [0.1, 0.15) is 0 Å². The van der Waals surface area contributed by atoms with E-state index in [-0.39, 0.29) is 6.09 Å². The van der Waals surface area contributed by atoms with Gasteiger partial charge in [0.05, 0.1) is 6.61 Å². The van der Waals surface area contributed by atoms with Gasteiger partial charge in [0.2, 0.25) is 0 Å². The number of nitrogens with zero attached hydrogens (tertiary/aromatic N) is 1. The third-order valence-corrected chi connectivity index (χ3v) is 3.16. The lowest BCUT2D eigenvalue weighted by Crippen LogP contribution is -2.32. The van der Waals surface area contributed by atoms with Crippen molar-refractivity contribution in [2.75, 3.05) is 27.2 Å². The summed E-state index contributed by atoms with van der Waals surface area (Å²) in [6.45, 7) is 1.24. The van der Waals surface area contributed by atoms with Crippen molar-refractivity contribution in [3.63, 3.8) is 0 Å². The third-order valence-electron chi connectivity index (χ3n) is 3.16. The monoisotopic (exact) mass is 214 g/mol. The summed E-state index contributed by atoms with van der Waals surface area (Å²) in [5.41, 5.74) is 5.71. The quantitative estimate of drug-likeness (QED) is 0.773. The largest absolute Gasteiger partial charge is 0.449 e. The molecule has 0 bridgehead atoms. The summed E-state index contributed by atoms with van der Waals surface area (Å²) in [5, 5.41) is 0. The van der Waals surface area contributed by atoms with Crippen LogP contribution in [-0.4, -0.2) is 38.2 Å². The first-order valence-corrected chi connectivity index (χ1v) is 5.69. The van der Waals surface area contributed by atoms with Crippen molar-refractivity contribution in [1.82, 2.24) is 4.90 Å². The number of carbonyl (C=O) groups is 1. The van der Waals surface area contributed by atoms with Crippen LogP contribution < -0.4 is 5.73 Å². The predicted octanol–water partition coefficient (Wildman–Crippen LogP) is 1.45. The molecule has 0 radical (unpaired) electrons. The predicted molar refractivity (Wildman–Crippen MR) is 59.5 cm³/mol. The van der Waals surface area contributed by atoms with Crippen molar-refractivity contribution < 1.29 is 9.53 Å². The minimum absolute atomic E-state index is 0.253. The summed E-state index contributed by atoms with van der Waals surface area (Å²) in [4.78, 5) is 12.7. The molecule has 0 heterocycles. The van der Waals surface area contributed by atoms with E-state index in [9.17, 15) is 4.79 Å². The van der Waals surface area contributed by atoms with Crippen LogP contribution in [0.2, 0.25) is 0 Å². The van der Waals surface area contributed by atoms with E-state index in [1.165, 1.54) is 24.2 Å². The van der Waals surface area contributed by atoms with Gasteiger partial charge in [-0.25, -0.2) is 4.79 Å². The molecule has 0 aromatic heterocycles. The minimum atomic E-state index is -0.253. The molecule has 0 aromatic carbocycles. The Morgan fingerprint density at radius 3 is 2.47 bits per heavy atom. The van der Waals surface area contributed by atoms with Gasteiger partial charge >= 0.3 is 6.09 Å². The van der Waals surface area contributed by atoms with Crippen molar-refractivity contribution in [2.45, 2.75) is 25.7 Å². The molecule has 2 atom stereocenters. The molecule has 4 nitrogen and oxygen atoms in total. The molecule has 1 aliphatic rings. The van der Waals surface area contributed by atoms with Crippen molar-refractivity contribution in [1.29, 1.82) is 0 Å². The molecule has 2 N–H and O–H groups in total. The van der Waals surface area contributed by atoms with Gasteiger partial charge in [0.25, 0.3) is 0 Å². The maximum Gasteiger partial charge on any atom is 0.409 e. The average molecular weight is 214 g/mol. The number of nitrogens with two attached hydrogens (primary N) is 1. The number of hydrogen-bond donors (Lipinski definition) is 1. The topological polar surface area (TPSA) is 55.6 Å². The lowest BCUT2D eigenvalue weighted by molar-refractivity contribution is 0.0761. The van der Waals surface area contributed by atoms with Crippen LogP contribution in [0, 0.1) is 11.8 Å². The maximum atomic E-state index is 11.3. The zero-order valence-electron chi connectivity index (χ0n) is 9.74. The van der Waals surface area contributed by atoms with Crippen LogP contribution >= 0.6 is 0 Å². The molecule has 0 aromatic rings. The van der Waals surface area contributed by atoms with Gasteiger partial charge in [-0.1, -0.05) is 12.8 Å². The minimum Gasteiger partial charge on any atom is -0.449 e. The Kier molecular flexibility index (Phi) is 4.88. The molecule has 1 rings (SSSR count). The molecule has 0 spiro atoms. The smallest absolute Gasteiger partial charge is 0.409 e. The Labute approximate surface area is 91.8 Å². The van der Waals surface area contributed by atoms with Crippen molar-refractivity contribution >= 4 is 6.09 Å². The Balaban J connectivity index is 2.32. The molecular weight excluding hydrogens is 192 g/mol. The lowest BCUT2D eigenvalue weighted by Gasteiger charge is -2.30. The molecule has 4 heteroatoms. The van der Waals surface area contributed by atoms with E-state index < -0.39 is 0 Å². The summed E-state index contributed by atoms with van der Waals surface area (Å²) < 4.78 is 5.21. The number of ether oxygens (including phenoxy) is 1. The standard InChI is InChI=1S/C11H22N2O2/c1-13(2)11(14)15-8-10-6-4-3-5-9(10)7-12/h9-10H,3-8,12H2,1-2H3. The second-order valence-corrected chi connectivity index (χ2v) is 4.51. The van der Waals surface area contributed by atoms with E-state index in [1.807, 2.05) is 0 Å². The summed E-state index contributed by atoms with van der Waals surface area (Å²) in [7, 11) is 3.40. The molecule has 2 unspecified atom stereocenters. The van der Waals surface area contributed by atoms with E-state index in [1.54, 1.807) is 14.1 Å². The van der Waals surface area contributed by atoms with Gasteiger partial charge in [-0.3, -0.25) is 0 Å². The highest BCUT2D eigenvalue weighted by Crippen LogP contribution is 2.29. The van der Waals surface area contributed by atoms with Gasteiger partial charge in [-0.2, -0.15) is 0 Å². The van der Waals surface area contributed by atoms with E-state index in [4.69, 9.17) is 10.5 Å². The van der Waals surface area contributed by atoms with Crippen LogP contribution in [0.15, 0.2) is 0 Å². The number of rotatable bonds is 3. The fourth-order valence-electron chi connectivity index (χ4n) is 2.12. The van der Waals surface area contributed by atoms with E-state index >= 15 is 0 Å². The summed E-state index contributed by atoms with van der Waals surface area (Å²) >= 11 is 0. The van der Waals surface area contributed by atoms with Crippen molar-refractivity contribution in [3.05, 3.63) is 0 Å². The highest BCUT2D eigenvalue weighted by molar-refractivity contribution is 5.66. The highest BCUT2D eigenvalue weighted by atomic mass is 16.6. The van der Waals surface area contributed by atoms with Crippen molar-refractivity contribution in [2.24, 2.45) is 17.6 Å². The fraction of sp³-hybridized carbons (Fsp3) is 0.909. The molecule has 88 valence electrons. The van der Waals surface area contributed by atoms with Crippen LogP contribution in [-0.2, 0) is 4.74 Å². The highest BCUT2D eigenvalue weighted by Gasteiger charge is 2.25. The molecule has 15 heavy (non-hydrogen) atoms. The van der Waals surface area contributed by atoms with Gasteiger partial charge in [0.15, 0.2) is 0 Å². The first kappa shape index (κ1) is 12.3. The molecule has 0 aliphatic heterocycles. The number of carbonyl (C=O) groups excluding carboxylic acids is 1. The SMILES string of the molecule is CN(C)C(=O)OCC1CCCCC1CN. The zero-order valence-corrected chi connectivity index (χ0v) is 9.74. The first-order chi connectivity index (χ1) is 7.15. The van der Waals surface area contributed by atoms with Gasteiger partial charge in [0, 0.05) is 14.1 Å². The molecular formula is C11H22N2O2. The van der Waals surface area contributed by atoms with Crippen LogP contribution in [0.25, 0.3) is 0 Å². The van der Waals surface area contributed by atoms with Crippen LogP contribution in [0.1, 0.15) is 25.7 Å². The molecule has 0 saturated heterocycles. The Morgan fingerprint density at radius 2 is 1.93 bits per heavy atom. The fourth-order valence-corrected chi connectivity index (χ4v) is 2.12. The molecule has 1 aliphatic carbocycles. The normalized spacial score (nSPS) is 26.1. The molecule has 1 amide bonds. The Hall–Kier alpha value is -0.770. The Morgan fingerprint density at radius 1 is 1.33 bits per heavy atom. The second-order valence-electron chi connectivity index (χ2n) is 4.51. The van der Waals surface area contributed by atoms with E-state index in [0.717, 1.165) is 6.42 Å². The van der Waals surface area contributed by atoms with Crippen LogP contribution in [0.5, 0.6) is 0 Å². The van der Waals surface area contributed by atoms with Crippen LogP contribution in [0.3, 0.4) is 0 Å².